The number of hydrogen-bond acceptors (Lipinski definition) is 4. The Balaban J connectivity index is 1.39. The predicted octanol–water partition coefficient (Wildman–Crippen LogP) is 2.97. The second kappa shape index (κ2) is 8.71. The highest BCUT2D eigenvalue weighted by molar-refractivity contribution is 5.76. The molecule has 0 aliphatic rings. The van der Waals surface area contributed by atoms with Gasteiger partial charge in [0.05, 0.1) is 25.8 Å². The van der Waals surface area contributed by atoms with Crippen LogP contribution in [-0.4, -0.2) is 29.4 Å². The van der Waals surface area contributed by atoms with Gasteiger partial charge in [-0.3, -0.25) is 4.79 Å². The highest BCUT2D eigenvalue weighted by Crippen LogP contribution is 2.17. The number of benzene rings is 2. The Morgan fingerprint density at radius 1 is 1.08 bits per heavy atom. The van der Waals surface area contributed by atoms with Crippen LogP contribution in [0, 0.1) is 0 Å². The summed E-state index contributed by atoms with van der Waals surface area (Å²) in [6.45, 7) is 0.817. The van der Waals surface area contributed by atoms with Crippen LogP contribution in [0.2, 0.25) is 0 Å². The Bertz CT molecular complexity index is 813. The van der Waals surface area contributed by atoms with Gasteiger partial charge in [-0.25, -0.2) is 4.68 Å². The Kier molecular flexibility index (Phi) is 5.88. The molecule has 0 saturated carbocycles. The highest BCUT2D eigenvalue weighted by Gasteiger charge is 2.03. The summed E-state index contributed by atoms with van der Waals surface area (Å²) in [5.41, 5.74) is 2.02. The second-order valence-corrected chi connectivity index (χ2v) is 5.67. The third-order valence-electron chi connectivity index (χ3n) is 3.85. The summed E-state index contributed by atoms with van der Waals surface area (Å²) in [6.07, 6.45) is 3.93. The van der Waals surface area contributed by atoms with Crippen LogP contribution >= 0.6 is 0 Å². The number of carbonyl (C=O) groups is 1. The largest absolute Gasteiger partial charge is 0.497 e. The van der Waals surface area contributed by atoms with Crippen LogP contribution in [0.4, 0.5) is 0 Å². The molecule has 1 aromatic heterocycles. The van der Waals surface area contributed by atoms with Gasteiger partial charge in [0.1, 0.15) is 11.5 Å². The summed E-state index contributed by atoms with van der Waals surface area (Å²) in [7, 11) is 1.62. The summed E-state index contributed by atoms with van der Waals surface area (Å²) < 4.78 is 12.4. The molecule has 0 fully saturated rings. The van der Waals surface area contributed by atoms with E-state index in [1.54, 1.807) is 18.0 Å². The van der Waals surface area contributed by atoms with Crippen molar-refractivity contribution in [3.63, 3.8) is 0 Å². The normalized spacial score (nSPS) is 10.3. The van der Waals surface area contributed by atoms with Crippen molar-refractivity contribution in [1.29, 1.82) is 0 Å². The van der Waals surface area contributed by atoms with E-state index in [0.717, 1.165) is 17.0 Å². The number of carbonyl (C=O) groups excluding carboxylic acids is 1. The van der Waals surface area contributed by atoms with Crippen LogP contribution in [0.5, 0.6) is 11.5 Å². The lowest BCUT2D eigenvalue weighted by atomic mass is 10.2. The number of rotatable bonds is 8. The number of ether oxygens (including phenoxy) is 2. The van der Waals surface area contributed by atoms with E-state index < -0.39 is 0 Å². The summed E-state index contributed by atoms with van der Waals surface area (Å²) in [5.74, 6) is 1.44. The van der Waals surface area contributed by atoms with Gasteiger partial charge in [0.2, 0.25) is 5.91 Å². The van der Waals surface area contributed by atoms with Crippen LogP contribution < -0.4 is 14.8 Å². The van der Waals surface area contributed by atoms with Crippen LogP contribution in [0.1, 0.15) is 12.0 Å². The molecule has 6 nitrogen and oxygen atoms in total. The second-order valence-electron chi connectivity index (χ2n) is 5.67. The van der Waals surface area contributed by atoms with Crippen LogP contribution in [0.15, 0.2) is 67.0 Å². The third kappa shape index (κ3) is 4.86. The van der Waals surface area contributed by atoms with Gasteiger partial charge in [0.25, 0.3) is 0 Å². The lowest BCUT2D eigenvalue weighted by Gasteiger charge is -2.08. The molecule has 0 unspecified atom stereocenters. The Morgan fingerprint density at radius 2 is 1.81 bits per heavy atom. The first-order valence-electron chi connectivity index (χ1n) is 8.37. The van der Waals surface area contributed by atoms with Crippen molar-refractivity contribution < 1.29 is 14.3 Å². The maximum Gasteiger partial charge on any atom is 0.223 e. The summed E-state index contributed by atoms with van der Waals surface area (Å²) in [5, 5.41) is 7.08. The van der Waals surface area contributed by atoms with Crippen molar-refractivity contribution in [2.75, 3.05) is 13.7 Å². The first-order chi connectivity index (χ1) is 12.7. The molecule has 1 heterocycles. The maximum absolute atomic E-state index is 11.9. The molecule has 3 rings (SSSR count). The zero-order valence-corrected chi connectivity index (χ0v) is 14.6. The first-order valence-corrected chi connectivity index (χ1v) is 8.37. The minimum Gasteiger partial charge on any atom is -0.497 e. The lowest BCUT2D eigenvalue weighted by Crippen LogP contribution is -2.24. The van der Waals surface area contributed by atoms with Gasteiger partial charge in [-0.1, -0.05) is 12.1 Å². The summed E-state index contributed by atoms with van der Waals surface area (Å²) >= 11 is 0. The van der Waals surface area contributed by atoms with E-state index in [2.05, 4.69) is 10.4 Å². The fourth-order valence-corrected chi connectivity index (χ4v) is 2.41. The van der Waals surface area contributed by atoms with Gasteiger partial charge in [-0.2, -0.15) is 5.10 Å². The van der Waals surface area contributed by atoms with Crippen molar-refractivity contribution in [3.8, 4) is 17.2 Å². The quantitative estimate of drug-likeness (QED) is 0.678. The van der Waals surface area contributed by atoms with Crippen molar-refractivity contribution in [1.82, 2.24) is 15.1 Å². The van der Waals surface area contributed by atoms with E-state index in [1.807, 2.05) is 60.8 Å². The van der Waals surface area contributed by atoms with E-state index in [9.17, 15) is 4.79 Å². The van der Waals surface area contributed by atoms with E-state index in [-0.39, 0.29) is 5.91 Å². The molecule has 0 atom stereocenters. The Morgan fingerprint density at radius 3 is 2.46 bits per heavy atom. The number of methoxy groups -OCH3 is 1. The molecule has 134 valence electrons. The van der Waals surface area contributed by atoms with E-state index in [0.29, 0.717) is 25.3 Å². The monoisotopic (exact) mass is 351 g/mol. The first kappa shape index (κ1) is 17.5. The fraction of sp³-hybridized carbons (Fsp3) is 0.200. The summed E-state index contributed by atoms with van der Waals surface area (Å²) in [4.78, 5) is 11.9. The molecule has 0 saturated heterocycles. The van der Waals surface area contributed by atoms with Crippen molar-refractivity contribution in [2.45, 2.75) is 13.0 Å². The molecular weight excluding hydrogens is 330 g/mol. The molecule has 0 aliphatic carbocycles. The molecule has 1 amide bonds. The molecule has 0 spiro atoms. The SMILES string of the molecule is COc1ccc(OCCC(=O)NCc2ccc(-n3cccn3)cc2)cc1. The number of amides is 1. The van der Waals surface area contributed by atoms with Gasteiger partial charge >= 0.3 is 0 Å². The minimum absolute atomic E-state index is 0.0466. The third-order valence-corrected chi connectivity index (χ3v) is 3.85. The van der Waals surface area contributed by atoms with E-state index in [1.165, 1.54) is 0 Å². The number of aromatic nitrogens is 2. The molecule has 2 aromatic carbocycles. The van der Waals surface area contributed by atoms with Crippen LogP contribution in [-0.2, 0) is 11.3 Å². The van der Waals surface area contributed by atoms with Gasteiger partial charge in [-0.05, 0) is 48.0 Å². The standard InChI is InChI=1S/C20H21N3O3/c1-25-18-7-9-19(10-8-18)26-14-11-20(24)21-15-16-3-5-17(6-4-16)23-13-2-12-22-23/h2-10,12-13H,11,14-15H2,1H3,(H,21,24). The van der Waals surface area contributed by atoms with E-state index in [4.69, 9.17) is 9.47 Å². The smallest absolute Gasteiger partial charge is 0.223 e. The van der Waals surface area contributed by atoms with Crippen LogP contribution in [0.3, 0.4) is 0 Å². The Hall–Kier alpha value is -3.28. The van der Waals surface area contributed by atoms with Gasteiger partial charge in [0, 0.05) is 18.9 Å². The summed E-state index contributed by atoms with van der Waals surface area (Å²) in [6, 6.07) is 17.1. The zero-order valence-electron chi connectivity index (χ0n) is 14.6. The number of nitrogens with zero attached hydrogens (tertiary/aromatic N) is 2. The van der Waals surface area contributed by atoms with Gasteiger partial charge < -0.3 is 14.8 Å². The van der Waals surface area contributed by atoms with Gasteiger partial charge in [0.15, 0.2) is 0 Å². The predicted molar refractivity (Wildman–Crippen MR) is 98.5 cm³/mol. The number of nitrogens with one attached hydrogen (secondary N) is 1. The average Bonchev–Trinajstić information content (AvgIpc) is 3.22. The lowest BCUT2D eigenvalue weighted by molar-refractivity contribution is -0.121. The topological polar surface area (TPSA) is 65.4 Å². The molecule has 1 N–H and O–H groups in total. The molecular formula is C20H21N3O3. The molecule has 6 heteroatoms. The fourth-order valence-electron chi connectivity index (χ4n) is 2.41. The molecule has 0 aliphatic heterocycles. The number of hydrogen-bond donors (Lipinski definition) is 1. The van der Waals surface area contributed by atoms with Crippen LogP contribution in [0.25, 0.3) is 5.69 Å². The maximum atomic E-state index is 11.9. The highest BCUT2D eigenvalue weighted by atomic mass is 16.5. The average molecular weight is 351 g/mol. The minimum atomic E-state index is -0.0466. The molecule has 0 bridgehead atoms. The zero-order chi connectivity index (χ0) is 18.2. The van der Waals surface area contributed by atoms with Crippen molar-refractivity contribution in [3.05, 3.63) is 72.6 Å². The molecule has 26 heavy (non-hydrogen) atoms. The van der Waals surface area contributed by atoms with E-state index >= 15 is 0 Å². The Labute approximate surface area is 152 Å². The van der Waals surface area contributed by atoms with Gasteiger partial charge in [-0.15, -0.1) is 0 Å². The van der Waals surface area contributed by atoms with Crippen molar-refractivity contribution in [2.24, 2.45) is 0 Å². The molecule has 3 aromatic rings. The van der Waals surface area contributed by atoms with Crippen molar-refractivity contribution >= 4 is 5.91 Å². The molecule has 0 radical (unpaired) electrons.